The molecule has 0 rings (SSSR count). The van der Waals surface area contributed by atoms with Crippen LogP contribution in [0, 0.1) is 11.8 Å². The van der Waals surface area contributed by atoms with E-state index in [0.29, 0.717) is 24.7 Å². The highest BCUT2D eigenvalue weighted by atomic mass is 16.1. The van der Waals surface area contributed by atoms with Crippen LogP contribution in [0.1, 0.15) is 46.5 Å². The van der Waals surface area contributed by atoms with Gasteiger partial charge in [0.05, 0.1) is 0 Å². The first-order chi connectivity index (χ1) is 8.95. The largest absolute Gasteiger partial charge is 0.389 e. The van der Waals surface area contributed by atoms with Crippen molar-refractivity contribution in [1.29, 1.82) is 0 Å². The summed E-state index contributed by atoms with van der Waals surface area (Å²) in [5.74, 6) is 1.26. The van der Waals surface area contributed by atoms with Crippen molar-refractivity contribution in [2.45, 2.75) is 46.5 Å². The van der Waals surface area contributed by atoms with E-state index in [-0.39, 0.29) is 5.91 Å². The summed E-state index contributed by atoms with van der Waals surface area (Å²) < 4.78 is 0. The Morgan fingerprint density at radius 2 is 1.74 bits per heavy atom. The van der Waals surface area contributed by atoms with Crippen molar-refractivity contribution < 1.29 is 4.79 Å². The fourth-order valence-corrected chi connectivity index (χ4v) is 1.54. The van der Waals surface area contributed by atoms with E-state index in [0.717, 1.165) is 31.6 Å². The maximum atomic E-state index is 11.6. The number of amides is 1. The molecule has 110 valence electrons. The second-order valence-corrected chi connectivity index (χ2v) is 5.56. The fourth-order valence-electron chi connectivity index (χ4n) is 1.54. The highest BCUT2D eigenvalue weighted by molar-refractivity contribution is 5.76. The molecule has 0 aromatic heterocycles. The van der Waals surface area contributed by atoms with Crippen molar-refractivity contribution in [3.63, 3.8) is 0 Å². The Morgan fingerprint density at radius 1 is 1.11 bits per heavy atom. The molecule has 0 bridgehead atoms. The molecule has 0 aliphatic carbocycles. The Labute approximate surface area is 118 Å². The number of allylic oxidation sites excluding steroid dienone is 2. The predicted molar refractivity (Wildman–Crippen MR) is 82.8 cm³/mol. The summed E-state index contributed by atoms with van der Waals surface area (Å²) in [6, 6.07) is 0. The quantitative estimate of drug-likeness (QED) is 0.564. The first-order valence-corrected chi connectivity index (χ1v) is 7.26. The van der Waals surface area contributed by atoms with Gasteiger partial charge in [0.2, 0.25) is 5.91 Å². The summed E-state index contributed by atoms with van der Waals surface area (Å²) in [5, 5.41) is 6.19. The molecule has 0 fully saturated rings. The van der Waals surface area contributed by atoms with Gasteiger partial charge < -0.3 is 10.6 Å². The van der Waals surface area contributed by atoms with E-state index >= 15 is 0 Å². The van der Waals surface area contributed by atoms with Crippen molar-refractivity contribution in [3.8, 4) is 0 Å². The van der Waals surface area contributed by atoms with Gasteiger partial charge in [-0.15, -0.1) is 6.58 Å². The third-order valence-electron chi connectivity index (χ3n) is 3.07. The minimum Gasteiger partial charge on any atom is -0.389 e. The summed E-state index contributed by atoms with van der Waals surface area (Å²) in [7, 11) is 0. The number of carbonyl (C=O) groups excluding carboxylic acids is 1. The molecule has 0 saturated carbocycles. The Kier molecular flexibility index (Phi) is 9.95. The van der Waals surface area contributed by atoms with E-state index in [4.69, 9.17) is 0 Å². The zero-order valence-corrected chi connectivity index (χ0v) is 12.8. The summed E-state index contributed by atoms with van der Waals surface area (Å²) in [5.41, 5.74) is 0.940. The molecule has 3 heteroatoms. The highest BCUT2D eigenvalue weighted by Gasteiger charge is 2.03. The van der Waals surface area contributed by atoms with Crippen molar-refractivity contribution in [2.75, 3.05) is 13.1 Å². The Balaban J connectivity index is 3.55. The van der Waals surface area contributed by atoms with Crippen LogP contribution in [0.4, 0.5) is 0 Å². The van der Waals surface area contributed by atoms with Gasteiger partial charge >= 0.3 is 0 Å². The van der Waals surface area contributed by atoms with Gasteiger partial charge in [-0.1, -0.05) is 33.4 Å². The minimum atomic E-state index is 0.114. The van der Waals surface area contributed by atoms with Crippen LogP contribution >= 0.6 is 0 Å². The zero-order chi connectivity index (χ0) is 14.7. The van der Waals surface area contributed by atoms with E-state index in [1.54, 1.807) is 0 Å². The van der Waals surface area contributed by atoms with E-state index < -0.39 is 0 Å². The molecule has 0 saturated heterocycles. The zero-order valence-electron chi connectivity index (χ0n) is 12.8. The van der Waals surface area contributed by atoms with Crippen LogP contribution in [0.25, 0.3) is 0 Å². The number of carbonyl (C=O) groups is 1. The summed E-state index contributed by atoms with van der Waals surface area (Å²) >= 11 is 0. The topological polar surface area (TPSA) is 41.1 Å². The molecular weight excluding hydrogens is 236 g/mol. The van der Waals surface area contributed by atoms with Gasteiger partial charge in [-0.2, -0.15) is 0 Å². The van der Waals surface area contributed by atoms with Crippen LogP contribution < -0.4 is 10.6 Å². The highest BCUT2D eigenvalue weighted by Crippen LogP contribution is 2.03. The predicted octanol–water partition coefficient (Wildman–Crippen LogP) is 3.24. The van der Waals surface area contributed by atoms with Gasteiger partial charge in [0.1, 0.15) is 0 Å². The number of nitrogens with one attached hydrogen (secondary N) is 2. The maximum Gasteiger partial charge on any atom is 0.220 e. The van der Waals surface area contributed by atoms with Crippen LogP contribution in [0.2, 0.25) is 0 Å². The third-order valence-corrected chi connectivity index (χ3v) is 3.07. The van der Waals surface area contributed by atoms with Gasteiger partial charge in [0.15, 0.2) is 0 Å². The first kappa shape index (κ1) is 17.8. The second-order valence-electron chi connectivity index (χ2n) is 5.56. The van der Waals surface area contributed by atoms with Crippen LogP contribution in [-0.4, -0.2) is 19.0 Å². The summed E-state index contributed by atoms with van der Waals surface area (Å²) in [4.78, 5) is 11.6. The van der Waals surface area contributed by atoms with E-state index in [1.165, 1.54) is 0 Å². The van der Waals surface area contributed by atoms with Crippen LogP contribution in [-0.2, 0) is 4.79 Å². The second kappa shape index (κ2) is 10.7. The molecule has 1 amide bonds. The van der Waals surface area contributed by atoms with E-state index in [2.05, 4.69) is 44.6 Å². The van der Waals surface area contributed by atoms with Crippen LogP contribution in [0.5, 0.6) is 0 Å². The minimum absolute atomic E-state index is 0.114. The van der Waals surface area contributed by atoms with Gasteiger partial charge in [0.25, 0.3) is 0 Å². The lowest BCUT2D eigenvalue weighted by atomic mass is 10.1. The lowest BCUT2D eigenvalue weighted by molar-refractivity contribution is -0.121. The molecule has 1 atom stereocenters. The Morgan fingerprint density at radius 3 is 2.32 bits per heavy atom. The molecule has 0 radical (unpaired) electrons. The molecule has 0 aliphatic rings. The fraction of sp³-hybridized carbons (Fsp3) is 0.688. The van der Waals surface area contributed by atoms with Crippen molar-refractivity contribution in [1.82, 2.24) is 10.6 Å². The van der Waals surface area contributed by atoms with Crippen molar-refractivity contribution in [2.24, 2.45) is 11.8 Å². The van der Waals surface area contributed by atoms with E-state index in [1.807, 2.05) is 6.08 Å². The monoisotopic (exact) mass is 266 g/mol. The number of hydrogen-bond donors (Lipinski definition) is 2. The lowest BCUT2D eigenvalue weighted by Gasteiger charge is -2.11. The van der Waals surface area contributed by atoms with Gasteiger partial charge in [-0.3, -0.25) is 4.79 Å². The Hall–Kier alpha value is -1.25. The lowest BCUT2D eigenvalue weighted by Crippen LogP contribution is -2.26. The number of hydrogen-bond acceptors (Lipinski definition) is 2. The molecule has 0 aliphatic heterocycles. The van der Waals surface area contributed by atoms with Crippen molar-refractivity contribution >= 4 is 5.91 Å². The summed E-state index contributed by atoms with van der Waals surface area (Å²) in [6.45, 7) is 15.8. The van der Waals surface area contributed by atoms with E-state index in [9.17, 15) is 4.79 Å². The molecule has 0 aromatic carbocycles. The standard InChI is InChI=1S/C16H30N2O/c1-6-14(4)10-12-17-15(5)7-8-16(19)18-11-9-13(2)3/h6,13-14,17H,1,5,7-12H2,2-4H3,(H,18,19). The third kappa shape index (κ3) is 11.6. The first-order valence-electron chi connectivity index (χ1n) is 7.26. The van der Waals surface area contributed by atoms with Crippen LogP contribution in [0.15, 0.2) is 24.9 Å². The SMILES string of the molecule is C=CC(C)CCNC(=C)CCC(=O)NCCC(C)C. The molecule has 0 heterocycles. The van der Waals surface area contributed by atoms with Crippen molar-refractivity contribution in [3.05, 3.63) is 24.9 Å². The average molecular weight is 266 g/mol. The van der Waals surface area contributed by atoms with Gasteiger partial charge in [-0.25, -0.2) is 0 Å². The maximum absolute atomic E-state index is 11.6. The van der Waals surface area contributed by atoms with Gasteiger partial charge in [0, 0.05) is 25.2 Å². The smallest absolute Gasteiger partial charge is 0.220 e. The summed E-state index contributed by atoms with van der Waals surface area (Å²) in [6.07, 6.45) is 5.25. The van der Waals surface area contributed by atoms with Gasteiger partial charge in [-0.05, 0) is 31.1 Å². The molecule has 1 unspecified atom stereocenters. The molecule has 3 nitrogen and oxygen atoms in total. The molecule has 2 N–H and O–H groups in total. The molecule has 0 spiro atoms. The molecular formula is C16H30N2O. The van der Waals surface area contributed by atoms with Crippen LogP contribution in [0.3, 0.4) is 0 Å². The Bertz CT molecular complexity index is 284. The number of rotatable bonds is 11. The molecule has 19 heavy (non-hydrogen) atoms. The average Bonchev–Trinajstić information content (AvgIpc) is 2.35. The normalized spacial score (nSPS) is 12.0. The molecule has 0 aromatic rings.